The standard InChI is InChI=1S/C7H12N4/c1-2-6-9-7(11-10-6)5-3-8-4-5/h5,8H,2-4H2,1H3,(H,9,10,11). The second-order valence-corrected chi connectivity index (χ2v) is 2.85. The Morgan fingerprint density at radius 2 is 2.36 bits per heavy atom. The highest BCUT2D eigenvalue weighted by molar-refractivity contribution is 5.03. The molecular formula is C7H12N4. The van der Waals surface area contributed by atoms with Crippen molar-refractivity contribution in [1.29, 1.82) is 0 Å². The molecule has 0 bridgehead atoms. The van der Waals surface area contributed by atoms with Crippen LogP contribution in [0.15, 0.2) is 0 Å². The number of hydrogen-bond acceptors (Lipinski definition) is 3. The van der Waals surface area contributed by atoms with Crippen molar-refractivity contribution in [2.75, 3.05) is 13.1 Å². The van der Waals surface area contributed by atoms with Crippen molar-refractivity contribution in [1.82, 2.24) is 20.5 Å². The average Bonchev–Trinajstić information content (AvgIpc) is 2.32. The van der Waals surface area contributed by atoms with Crippen LogP contribution in [0.25, 0.3) is 0 Å². The van der Waals surface area contributed by atoms with Gasteiger partial charge in [0.15, 0.2) is 5.82 Å². The van der Waals surface area contributed by atoms with E-state index in [-0.39, 0.29) is 0 Å². The molecule has 0 amide bonds. The van der Waals surface area contributed by atoms with Gasteiger partial charge in [-0.3, -0.25) is 5.10 Å². The molecule has 0 unspecified atom stereocenters. The van der Waals surface area contributed by atoms with Gasteiger partial charge in [-0.2, -0.15) is 5.10 Å². The summed E-state index contributed by atoms with van der Waals surface area (Å²) in [7, 11) is 0. The summed E-state index contributed by atoms with van der Waals surface area (Å²) in [6.07, 6.45) is 0.938. The molecule has 11 heavy (non-hydrogen) atoms. The number of aryl methyl sites for hydroxylation is 1. The van der Waals surface area contributed by atoms with Crippen molar-refractivity contribution >= 4 is 0 Å². The van der Waals surface area contributed by atoms with Crippen molar-refractivity contribution in [2.24, 2.45) is 0 Å². The van der Waals surface area contributed by atoms with Gasteiger partial charge in [0.05, 0.1) is 0 Å². The summed E-state index contributed by atoms with van der Waals surface area (Å²) in [6, 6.07) is 0. The molecule has 0 aromatic carbocycles. The fourth-order valence-corrected chi connectivity index (χ4v) is 1.12. The lowest BCUT2D eigenvalue weighted by Crippen LogP contribution is -2.40. The Morgan fingerprint density at radius 1 is 1.55 bits per heavy atom. The number of aromatic amines is 1. The highest BCUT2D eigenvalue weighted by Crippen LogP contribution is 2.14. The Balaban J connectivity index is 2.11. The molecule has 1 aliphatic heterocycles. The van der Waals surface area contributed by atoms with Crippen LogP contribution in [0.1, 0.15) is 24.5 Å². The Morgan fingerprint density at radius 3 is 2.82 bits per heavy atom. The summed E-state index contributed by atoms with van der Waals surface area (Å²) in [5, 5.41) is 10.2. The van der Waals surface area contributed by atoms with E-state index < -0.39 is 0 Å². The highest BCUT2D eigenvalue weighted by atomic mass is 15.2. The summed E-state index contributed by atoms with van der Waals surface area (Å²) in [4.78, 5) is 4.34. The van der Waals surface area contributed by atoms with Crippen molar-refractivity contribution < 1.29 is 0 Å². The Kier molecular flexibility index (Phi) is 1.62. The molecule has 2 N–H and O–H groups in total. The van der Waals surface area contributed by atoms with Gasteiger partial charge >= 0.3 is 0 Å². The quantitative estimate of drug-likeness (QED) is 0.629. The van der Waals surface area contributed by atoms with E-state index in [4.69, 9.17) is 0 Å². The topological polar surface area (TPSA) is 53.6 Å². The first-order valence-corrected chi connectivity index (χ1v) is 4.02. The van der Waals surface area contributed by atoms with Gasteiger partial charge in [-0.15, -0.1) is 0 Å². The summed E-state index contributed by atoms with van der Waals surface area (Å²) in [5.41, 5.74) is 0. The normalized spacial score (nSPS) is 18.3. The molecule has 1 aliphatic rings. The molecule has 1 aromatic rings. The van der Waals surface area contributed by atoms with Crippen LogP contribution in [-0.2, 0) is 6.42 Å². The lowest BCUT2D eigenvalue weighted by molar-refractivity contribution is 0.431. The first kappa shape index (κ1) is 6.79. The zero-order chi connectivity index (χ0) is 7.68. The monoisotopic (exact) mass is 152 g/mol. The molecular weight excluding hydrogens is 140 g/mol. The molecule has 2 rings (SSSR count). The number of aromatic nitrogens is 3. The van der Waals surface area contributed by atoms with Gasteiger partial charge in [-0.1, -0.05) is 6.92 Å². The Hall–Kier alpha value is -0.900. The Labute approximate surface area is 65.4 Å². The van der Waals surface area contributed by atoms with E-state index in [2.05, 4.69) is 27.4 Å². The van der Waals surface area contributed by atoms with Gasteiger partial charge in [0.1, 0.15) is 5.82 Å². The zero-order valence-electron chi connectivity index (χ0n) is 6.59. The molecule has 0 radical (unpaired) electrons. The maximum Gasteiger partial charge on any atom is 0.156 e. The molecule has 0 spiro atoms. The molecule has 0 aliphatic carbocycles. The van der Waals surface area contributed by atoms with Crippen molar-refractivity contribution in [3.8, 4) is 0 Å². The maximum atomic E-state index is 4.34. The van der Waals surface area contributed by atoms with Gasteiger partial charge in [0.2, 0.25) is 0 Å². The fraction of sp³-hybridized carbons (Fsp3) is 0.714. The van der Waals surface area contributed by atoms with E-state index in [1.54, 1.807) is 0 Å². The van der Waals surface area contributed by atoms with Gasteiger partial charge in [0, 0.05) is 25.4 Å². The smallest absolute Gasteiger partial charge is 0.156 e. The number of nitrogens with zero attached hydrogens (tertiary/aromatic N) is 2. The van der Waals surface area contributed by atoms with E-state index in [1.807, 2.05) is 0 Å². The van der Waals surface area contributed by atoms with Crippen molar-refractivity contribution in [3.63, 3.8) is 0 Å². The predicted octanol–water partition coefficient (Wildman–Crippen LogP) is 0.0539. The van der Waals surface area contributed by atoms with Crippen LogP contribution < -0.4 is 5.32 Å². The van der Waals surface area contributed by atoms with Gasteiger partial charge < -0.3 is 5.32 Å². The average molecular weight is 152 g/mol. The molecule has 4 nitrogen and oxygen atoms in total. The van der Waals surface area contributed by atoms with Gasteiger partial charge in [-0.05, 0) is 0 Å². The molecule has 1 fully saturated rings. The third-order valence-corrected chi connectivity index (χ3v) is 2.03. The van der Waals surface area contributed by atoms with Crippen LogP contribution >= 0.6 is 0 Å². The number of hydrogen-bond donors (Lipinski definition) is 2. The molecule has 0 saturated carbocycles. The first-order chi connectivity index (χ1) is 5.40. The van der Waals surface area contributed by atoms with Crippen molar-refractivity contribution in [3.05, 3.63) is 11.6 Å². The second-order valence-electron chi connectivity index (χ2n) is 2.85. The largest absolute Gasteiger partial charge is 0.315 e. The van der Waals surface area contributed by atoms with Crippen molar-refractivity contribution in [2.45, 2.75) is 19.3 Å². The lowest BCUT2D eigenvalue weighted by Gasteiger charge is -2.23. The maximum absolute atomic E-state index is 4.34. The second kappa shape index (κ2) is 2.62. The fourth-order valence-electron chi connectivity index (χ4n) is 1.12. The minimum Gasteiger partial charge on any atom is -0.315 e. The SMILES string of the molecule is CCc1nc(C2CNC2)n[nH]1. The van der Waals surface area contributed by atoms with Gasteiger partial charge in [-0.25, -0.2) is 4.98 Å². The van der Waals surface area contributed by atoms with Gasteiger partial charge in [0.25, 0.3) is 0 Å². The van der Waals surface area contributed by atoms with E-state index in [1.165, 1.54) is 0 Å². The number of nitrogens with one attached hydrogen (secondary N) is 2. The number of rotatable bonds is 2. The van der Waals surface area contributed by atoms with Crippen LogP contribution in [-0.4, -0.2) is 28.3 Å². The lowest BCUT2D eigenvalue weighted by atomic mass is 10.0. The van der Waals surface area contributed by atoms with E-state index in [9.17, 15) is 0 Å². The van der Waals surface area contributed by atoms with Crippen LogP contribution in [0, 0.1) is 0 Å². The molecule has 4 heteroatoms. The summed E-state index contributed by atoms with van der Waals surface area (Å²) < 4.78 is 0. The van der Waals surface area contributed by atoms with Crippen LogP contribution in [0.3, 0.4) is 0 Å². The van der Waals surface area contributed by atoms with E-state index in [0.29, 0.717) is 5.92 Å². The Bertz CT molecular complexity index is 238. The van der Waals surface area contributed by atoms with Crippen LogP contribution in [0.2, 0.25) is 0 Å². The first-order valence-electron chi connectivity index (χ1n) is 4.02. The van der Waals surface area contributed by atoms with Crippen LogP contribution in [0.5, 0.6) is 0 Å². The number of H-pyrrole nitrogens is 1. The predicted molar refractivity (Wildman–Crippen MR) is 41.4 cm³/mol. The van der Waals surface area contributed by atoms with Crippen LogP contribution in [0.4, 0.5) is 0 Å². The molecule has 1 saturated heterocycles. The molecule has 2 heterocycles. The molecule has 1 aromatic heterocycles. The minimum absolute atomic E-state index is 0.548. The minimum atomic E-state index is 0.548. The third kappa shape index (κ3) is 1.14. The summed E-state index contributed by atoms with van der Waals surface area (Å²) in [5.74, 6) is 2.51. The summed E-state index contributed by atoms with van der Waals surface area (Å²) >= 11 is 0. The van der Waals surface area contributed by atoms with E-state index >= 15 is 0 Å². The molecule has 0 atom stereocenters. The van der Waals surface area contributed by atoms with E-state index in [0.717, 1.165) is 31.2 Å². The third-order valence-electron chi connectivity index (χ3n) is 2.03. The zero-order valence-corrected chi connectivity index (χ0v) is 6.59. The highest BCUT2D eigenvalue weighted by Gasteiger charge is 2.22. The molecule has 60 valence electrons. The summed E-state index contributed by atoms with van der Waals surface area (Å²) in [6.45, 7) is 4.13.